The molecule has 0 aromatic carbocycles. The van der Waals surface area contributed by atoms with Gasteiger partial charge in [-0.2, -0.15) is 0 Å². The molecule has 1 unspecified atom stereocenters. The molecule has 0 saturated carbocycles. The lowest BCUT2D eigenvalue weighted by molar-refractivity contribution is 0.434. The molecule has 0 bridgehead atoms. The van der Waals surface area contributed by atoms with Crippen LogP contribution in [-0.4, -0.2) is 25.3 Å². The van der Waals surface area contributed by atoms with Crippen LogP contribution in [0.3, 0.4) is 0 Å². The van der Waals surface area contributed by atoms with Gasteiger partial charge in [-0.25, -0.2) is 0 Å². The average molecular weight is 194 g/mol. The fourth-order valence-electron chi connectivity index (χ4n) is 1.90. The normalized spacial score (nSPS) is 24.4. The monoisotopic (exact) mass is 194 g/mol. The van der Waals surface area contributed by atoms with Crippen molar-refractivity contribution in [3.63, 3.8) is 0 Å². The van der Waals surface area contributed by atoms with Crippen LogP contribution < -0.4 is 5.32 Å². The van der Waals surface area contributed by atoms with Crippen LogP contribution in [0, 0.1) is 0 Å². The summed E-state index contributed by atoms with van der Waals surface area (Å²) in [7, 11) is 0. The first-order valence-electron chi connectivity index (χ1n) is 5.80. The Bertz CT molecular complexity index is 200. The topological polar surface area (TPSA) is 24.4 Å². The smallest absolute Gasteiger partial charge is 0.0360 e. The van der Waals surface area contributed by atoms with E-state index in [1.807, 2.05) is 6.21 Å². The summed E-state index contributed by atoms with van der Waals surface area (Å²) < 4.78 is 0. The van der Waals surface area contributed by atoms with Crippen LogP contribution >= 0.6 is 0 Å². The molecule has 14 heavy (non-hydrogen) atoms. The zero-order valence-electron chi connectivity index (χ0n) is 9.42. The fraction of sp³-hybridized carbons (Fsp3) is 0.750. The highest BCUT2D eigenvalue weighted by Gasteiger charge is 2.14. The van der Waals surface area contributed by atoms with E-state index in [-0.39, 0.29) is 0 Å². The predicted molar refractivity (Wildman–Crippen MR) is 63.0 cm³/mol. The molecule has 0 amide bonds. The maximum absolute atomic E-state index is 4.23. The molecule has 0 aromatic heterocycles. The van der Waals surface area contributed by atoms with Crippen molar-refractivity contribution in [2.75, 3.05) is 13.1 Å². The molecule has 0 aromatic rings. The summed E-state index contributed by atoms with van der Waals surface area (Å²) in [6.07, 6.45) is 9.26. The molecule has 1 aliphatic heterocycles. The minimum atomic E-state index is 0.608. The van der Waals surface area contributed by atoms with E-state index in [1.54, 1.807) is 0 Å². The van der Waals surface area contributed by atoms with Gasteiger partial charge in [0.15, 0.2) is 0 Å². The van der Waals surface area contributed by atoms with Crippen molar-refractivity contribution in [2.24, 2.45) is 4.99 Å². The first-order chi connectivity index (χ1) is 6.88. The number of nitrogens with one attached hydrogen (secondary N) is 1. The first kappa shape index (κ1) is 11.4. The number of piperidine rings is 1. The average Bonchev–Trinajstić information content (AvgIpc) is 2.26. The largest absolute Gasteiger partial charge is 0.310 e. The quantitative estimate of drug-likeness (QED) is 0.683. The molecule has 1 rings (SSSR count). The molecule has 0 spiro atoms. The van der Waals surface area contributed by atoms with Gasteiger partial charge < -0.3 is 5.32 Å². The van der Waals surface area contributed by atoms with Gasteiger partial charge in [0.25, 0.3) is 0 Å². The van der Waals surface area contributed by atoms with Crippen LogP contribution in [0.4, 0.5) is 0 Å². The van der Waals surface area contributed by atoms with Crippen LogP contribution in [0.1, 0.15) is 39.5 Å². The van der Waals surface area contributed by atoms with Crippen LogP contribution in [0.25, 0.3) is 0 Å². The Morgan fingerprint density at radius 3 is 2.86 bits per heavy atom. The van der Waals surface area contributed by atoms with E-state index in [1.165, 1.54) is 31.4 Å². The second kappa shape index (κ2) is 6.77. The van der Waals surface area contributed by atoms with E-state index in [2.05, 4.69) is 30.2 Å². The third-order valence-electron chi connectivity index (χ3n) is 2.74. The third-order valence-corrected chi connectivity index (χ3v) is 2.74. The van der Waals surface area contributed by atoms with Crippen molar-refractivity contribution in [2.45, 2.75) is 45.6 Å². The lowest BCUT2D eigenvalue weighted by Crippen LogP contribution is -2.35. The molecule has 80 valence electrons. The molecule has 1 saturated heterocycles. The zero-order chi connectivity index (χ0) is 10.2. The minimum Gasteiger partial charge on any atom is -0.310 e. The molecule has 1 atom stereocenters. The van der Waals surface area contributed by atoms with Crippen LogP contribution in [-0.2, 0) is 0 Å². The second-order valence-corrected chi connectivity index (χ2v) is 3.75. The zero-order valence-corrected chi connectivity index (χ0v) is 9.42. The van der Waals surface area contributed by atoms with Gasteiger partial charge in [0.05, 0.1) is 0 Å². The number of allylic oxidation sites excluding steroid dienone is 1. The molecule has 1 fully saturated rings. The Balaban J connectivity index is 2.50. The van der Waals surface area contributed by atoms with Crippen molar-refractivity contribution in [3.05, 3.63) is 11.6 Å². The van der Waals surface area contributed by atoms with Gasteiger partial charge in [0, 0.05) is 18.8 Å². The maximum atomic E-state index is 4.23. The Morgan fingerprint density at radius 1 is 1.43 bits per heavy atom. The van der Waals surface area contributed by atoms with E-state index in [9.17, 15) is 0 Å². The first-order valence-corrected chi connectivity index (χ1v) is 5.80. The highest BCUT2D eigenvalue weighted by Crippen LogP contribution is 2.16. The van der Waals surface area contributed by atoms with Gasteiger partial charge in [0.2, 0.25) is 0 Å². The van der Waals surface area contributed by atoms with Gasteiger partial charge in [-0.3, -0.25) is 4.99 Å². The van der Waals surface area contributed by atoms with Gasteiger partial charge in [-0.15, -0.1) is 0 Å². The molecular formula is C12H22N2. The van der Waals surface area contributed by atoms with Crippen molar-refractivity contribution in [1.82, 2.24) is 5.32 Å². The highest BCUT2D eigenvalue weighted by atomic mass is 14.9. The Kier molecular flexibility index (Phi) is 5.53. The number of aliphatic imine (C=N–C) groups is 1. The lowest BCUT2D eigenvalue weighted by Gasteiger charge is -2.25. The maximum Gasteiger partial charge on any atom is 0.0360 e. The second-order valence-electron chi connectivity index (χ2n) is 3.75. The summed E-state index contributed by atoms with van der Waals surface area (Å²) in [6, 6.07) is 0.608. The minimum absolute atomic E-state index is 0.608. The standard InChI is InChI=1S/C12H22N2/c1-3-11(8-10-13-4-2)12-7-5-6-9-14-12/h8,10,12,14H,3-7,9H2,1-2H3/b11-8+,13-10?. The SMILES string of the molecule is CCN=C/C=C(\CC)C1CCCCN1. The Hall–Kier alpha value is -0.630. The number of rotatable bonds is 4. The van der Waals surface area contributed by atoms with Crippen molar-refractivity contribution in [3.8, 4) is 0 Å². The Labute approximate surface area is 87.5 Å². The molecule has 0 radical (unpaired) electrons. The van der Waals surface area contributed by atoms with Crippen LogP contribution in [0.5, 0.6) is 0 Å². The lowest BCUT2D eigenvalue weighted by atomic mass is 9.95. The van der Waals surface area contributed by atoms with Crippen molar-refractivity contribution >= 4 is 6.21 Å². The van der Waals surface area contributed by atoms with Gasteiger partial charge >= 0.3 is 0 Å². The predicted octanol–water partition coefficient (Wildman–Crippen LogP) is 2.56. The molecular weight excluding hydrogens is 172 g/mol. The van der Waals surface area contributed by atoms with E-state index in [0.29, 0.717) is 6.04 Å². The van der Waals surface area contributed by atoms with Crippen molar-refractivity contribution < 1.29 is 0 Å². The highest BCUT2D eigenvalue weighted by molar-refractivity contribution is 5.72. The van der Waals surface area contributed by atoms with Crippen LogP contribution in [0.15, 0.2) is 16.6 Å². The van der Waals surface area contributed by atoms with E-state index >= 15 is 0 Å². The Morgan fingerprint density at radius 2 is 2.29 bits per heavy atom. The number of hydrogen-bond donors (Lipinski definition) is 1. The summed E-state index contributed by atoms with van der Waals surface area (Å²) >= 11 is 0. The summed E-state index contributed by atoms with van der Waals surface area (Å²) in [5.41, 5.74) is 1.50. The van der Waals surface area contributed by atoms with Crippen LogP contribution in [0.2, 0.25) is 0 Å². The van der Waals surface area contributed by atoms with E-state index in [0.717, 1.165) is 13.0 Å². The van der Waals surface area contributed by atoms with Gasteiger partial charge in [-0.1, -0.05) is 18.9 Å². The third kappa shape index (κ3) is 3.62. The fourth-order valence-corrected chi connectivity index (χ4v) is 1.90. The van der Waals surface area contributed by atoms with E-state index < -0.39 is 0 Å². The number of hydrogen-bond acceptors (Lipinski definition) is 2. The molecule has 2 heteroatoms. The summed E-state index contributed by atoms with van der Waals surface area (Å²) in [4.78, 5) is 4.23. The molecule has 1 heterocycles. The number of nitrogens with zero attached hydrogens (tertiary/aromatic N) is 1. The molecule has 0 aliphatic carbocycles. The molecule has 1 aliphatic rings. The molecule has 1 N–H and O–H groups in total. The van der Waals surface area contributed by atoms with Gasteiger partial charge in [-0.05, 0) is 38.8 Å². The van der Waals surface area contributed by atoms with Crippen molar-refractivity contribution in [1.29, 1.82) is 0 Å². The van der Waals surface area contributed by atoms with Gasteiger partial charge in [0.1, 0.15) is 0 Å². The summed E-state index contributed by atoms with van der Waals surface area (Å²) in [5, 5.41) is 3.57. The van der Waals surface area contributed by atoms with E-state index in [4.69, 9.17) is 0 Å². The summed E-state index contributed by atoms with van der Waals surface area (Å²) in [5.74, 6) is 0. The summed E-state index contributed by atoms with van der Waals surface area (Å²) in [6.45, 7) is 6.34. The molecule has 2 nitrogen and oxygen atoms in total.